The van der Waals surface area contributed by atoms with Crippen molar-refractivity contribution < 1.29 is 17.9 Å². The fourth-order valence-corrected chi connectivity index (χ4v) is 6.22. The van der Waals surface area contributed by atoms with Crippen molar-refractivity contribution in [3.63, 3.8) is 0 Å². The summed E-state index contributed by atoms with van der Waals surface area (Å²) in [5, 5.41) is 3.33. The van der Waals surface area contributed by atoms with E-state index in [1.165, 1.54) is 19.2 Å². The van der Waals surface area contributed by atoms with Gasteiger partial charge >= 0.3 is 0 Å². The minimum atomic E-state index is -3.64. The number of methoxy groups -OCH3 is 1. The summed E-state index contributed by atoms with van der Waals surface area (Å²) in [6.45, 7) is 0.399. The first-order chi connectivity index (χ1) is 13.4. The number of sulfonamides is 1. The molecule has 3 unspecified atom stereocenters. The summed E-state index contributed by atoms with van der Waals surface area (Å²) in [5.41, 5.74) is 0.614. The number of halogens is 1. The monoisotopic (exact) mass is 420 g/mol. The number of nitrogens with one attached hydrogen (secondary N) is 1. The molecule has 0 radical (unpaired) electrons. The second-order valence-electron chi connectivity index (χ2n) is 7.20. The van der Waals surface area contributed by atoms with Crippen LogP contribution in [-0.2, 0) is 10.0 Å². The van der Waals surface area contributed by atoms with Crippen LogP contribution in [0.15, 0.2) is 53.4 Å². The van der Waals surface area contributed by atoms with Crippen LogP contribution in [0.5, 0.6) is 5.75 Å². The number of ether oxygens (including phenoxy) is 1. The van der Waals surface area contributed by atoms with E-state index in [4.69, 9.17) is 16.3 Å². The highest BCUT2D eigenvalue weighted by atomic mass is 35.5. The third kappa shape index (κ3) is 3.38. The first-order valence-electron chi connectivity index (χ1n) is 9.11. The number of carbonyl (C=O) groups excluding carboxylic acids is 1. The SMILES string of the molecule is COc1ccc(S(=O)(=O)N2CC3CC2CC3NC(=O)c2ccccc2)cc1Cl. The van der Waals surface area contributed by atoms with Gasteiger partial charge in [0, 0.05) is 24.2 Å². The van der Waals surface area contributed by atoms with E-state index in [0.29, 0.717) is 24.3 Å². The van der Waals surface area contributed by atoms with Gasteiger partial charge in [0.2, 0.25) is 10.0 Å². The Hall–Kier alpha value is -2.09. The van der Waals surface area contributed by atoms with Gasteiger partial charge < -0.3 is 10.1 Å². The predicted octanol–water partition coefficient (Wildman–Crippen LogP) is 2.93. The number of piperidine rings is 1. The van der Waals surface area contributed by atoms with Crippen molar-refractivity contribution in [3.05, 3.63) is 59.1 Å². The van der Waals surface area contributed by atoms with E-state index in [0.717, 1.165) is 6.42 Å². The van der Waals surface area contributed by atoms with Gasteiger partial charge in [-0.3, -0.25) is 4.79 Å². The molecule has 2 fully saturated rings. The third-order valence-electron chi connectivity index (χ3n) is 5.57. The molecule has 2 aliphatic rings. The van der Waals surface area contributed by atoms with Crippen molar-refractivity contribution in [1.82, 2.24) is 9.62 Å². The Labute approximate surface area is 169 Å². The smallest absolute Gasteiger partial charge is 0.251 e. The van der Waals surface area contributed by atoms with Crippen molar-refractivity contribution in [1.29, 1.82) is 0 Å². The van der Waals surface area contributed by atoms with Crippen LogP contribution in [-0.4, -0.2) is 44.4 Å². The van der Waals surface area contributed by atoms with Crippen molar-refractivity contribution in [2.75, 3.05) is 13.7 Å². The molecule has 1 saturated carbocycles. The average Bonchev–Trinajstić information content (AvgIpc) is 3.29. The quantitative estimate of drug-likeness (QED) is 0.806. The highest BCUT2D eigenvalue weighted by Crippen LogP contribution is 2.41. The largest absolute Gasteiger partial charge is 0.495 e. The van der Waals surface area contributed by atoms with Crippen molar-refractivity contribution in [2.24, 2.45) is 5.92 Å². The number of rotatable bonds is 5. The molecule has 1 saturated heterocycles. The van der Waals surface area contributed by atoms with E-state index in [2.05, 4.69) is 5.32 Å². The van der Waals surface area contributed by atoms with Crippen LogP contribution in [0.4, 0.5) is 0 Å². The van der Waals surface area contributed by atoms with E-state index >= 15 is 0 Å². The van der Waals surface area contributed by atoms with E-state index < -0.39 is 10.0 Å². The van der Waals surface area contributed by atoms with Crippen LogP contribution in [0.1, 0.15) is 23.2 Å². The minimum absolute atomic E-state index is 0.0105. The Balaban J connectivity index is 1.46. The summed E-state index contributed by atoms with van der Waals surface area (Å²) in [6, 6.07) is 13.4. The number of amides is 1. The number of hydrogen-bond donors (Lipinski definition) is 1. The minimum Gasteiger partial charge on any atom is -0.495 e. The van der Waals surface area contributed by atoms with Crippen molar-refractivity contribution in [3.8, 4) is 5.75 Å². The standard InChI is InChI=1S/C20H21ClN2O4S/c1-27-19-8-7-16(11-17(19)21)28(25,26)23-12-14-9-15(23)10-18(14)22-20(24)13-5-3-2-4-6-13/h2-8,11,14-15,18H,9-10,12H2,1H3,(H,22,24). The number of benzene rings is 2. The van der Waals surface area contributed by atoms with Crippen LogP contribution in [0, 0.1) is 5.92 Å². The van der Waals surface area contributed by atoms with Gasteiger partial charge in [0.25, 0.3) is 5.91 Å². The molecule has 28 heavy (non-hydrogen) atoms. The zero-order valence-electron chi connectivity index (χ0n) is 15.3. The molecule has 1 aliphatic heterocycles. The van der Waals surface area contributed by atoms with Crippen LogP contribution in [0.25, 0.3) is 0 Å². The van der Waals surface area contributed by atoms with Gasteiger partial charge in [-0.25, -0.2) is 8.42 Å². The highest BCUT2D eigenvalue weighted by molar-refractivity contribution is 7.89. The Morgan fingerprint density at radius 2 is 1.93 bits per heavy atom. The second-order valence-corrected chi connectivity index (χ2v) is 9.50. The predicted molar refractivity (Wildman–Crippen MR) is 106 cm³/mol. The lowest BCUT2D eigenvalue weighted by molar-refractivity contribution is 0.0919. The molecule has 0 aromatic heterocycles. The molecular weight excluding hydrogens is 400 g/mol. The van der Waals surface area contributed by atoms with Crippen LogP contribution in [0.3, 0.4) is 0 Å². The lowest BCUT2D eigenvalue weighted by Crippen LogP contribution is -2.47. The van der Waals surface area contributed by atoms with E-state index in [1.54, 1.807) is 22.5 Å². The van der Waals surface area contributed by atoms with Crippen LogP contribution >= 0.6 is 11.6 Å². The fraction of sp³-hybridized carbons (Fsp3) is 0.350. The molecule has 1 amide bonds. The van der Waals surface area contributed by atoms with E-state index in [-0.39, 0.29) is 33.8 Å². The molecule has 8 heteroatoms. The van der Waals surface area contributed by atoms with Gasteiger partial charge in [-0.05, 0) is 49.1 Å². The van der Waals surface area contributed by atoms with Crippen molar-refractivity contribution in [2.45, 2.75) is 29.8 Å². The molecule has 2 aromatic rings. The summed E-state index contributed by atoms with van der Waals surface area (Å²) in [5.74, 6) is 0.433. The van der Waals surface area contributed by atoms with E-state index in [1.807, 2.05) is 18.2 Å². The van der Waals surface area contributed by atoms with Crippen LogP contribution in [0.2, 0.25) is 5.02 Å². The fourth-order valence-electron chi connectivity index (χ4n) is 4.17. The van der Waals surface area contributed by atoms with Gasteiger partial charge in [-0.15, -0.1) is 0 Å². The summed E-state index contributed by atoms with van der Waals surface area (Å²) in [4.78, 5) is 12.6. The number of nitrogens with zero attached hydrogens (tertiary/aromatic N) is 1. The third-order valence-corrected chi connectivity index (χ3v) is 7.78. The first-order valence-corrected chi connectivity index (χ1v) is 10.9. The van der Waals surface area contributed by atoms with Gasteiger partial charge in [0.05, 0.1) is 17.0 Å². The molecule has 2 bridgehead atoms. The Kier molecular flexibility index (Phi) is 5.07. The molecular formula is C20H21ClN2O4S. The first kappa shape index (κ1) is 19.2. The molecule has 1 N–H and O–H groups in total. The van der Waals surface area contributed by atoms with Crippen LogP contribution < -0.4 is 10.1 Å². The number of carbonyl (C=O) groups is 1. The van der Waals surface area contributed by atoms with Gasteiger partial charge in [-0.1, -0.05) is 29.8 Å². The van der Waals surface area contributed by atoms with E-state index in [9.17, 15) is 13.2 Å². The summed E-state index contributed by atoms with van der Waals surface area (Å²) in [6.07, 6.45) is 1.37. The topological polar surface area (TPSA) is 75.7 Å². The highest BCUT2D eigenvalue weighted by Gasteiger charge is 2.49. The molecule has 148 valence electrons. The summed E-state index contributed by atoms with van der Waals surface area (Å²) >= 11 is 6.10. The molecule has 3 atom stereocenters. The van der Waals surface area contributed by atoms with Crippen molar-refractivity contribution >= 4 is 27.5 Å². The molecule has 6 nitrogen and oxygen atoms in total. The lowest BCUT2D eigenvalue weighted by Gasteiger charge is -2.31. The van der Waals surface area contributed by atoms with Gasteiger partial charge in [0.15, 0.2) is 0 Å². The lowest BCUT2D eigenvalue weighted by atomic mass is 10.0. The number of hydrogen-bond acceptors (Lipinski definition) is 4. The summed E-state index contributed by atoms with van der Waals surface area (Å²) in [7, 11) is -2.16. The molecule has 4 rings (SSSR count). The molecule has 2 aromatic carbocycles. The Morgan fingerprint density at radius 3 is 2.54 bits per heavy atom. The zero-order valence-corrected chi connectivity index (χ0v) is 16.9. The Morgan fingerprint density at radius 1 is 1.18 bits per heavy atom. The zero-order chi connectivity index (χ0) is 19.9. The number of fused-ring (bicyclic) bond motifs is 2. The van der Waals surface area contributed by atoms with Gasteiger partial charge in [-0.2, -0.15) is 4.31 Å². The maximum absolute atomic E-state index is 13.1. The summed E-state index contributed by atoms with van der Waals surface area (Å²) < 4.78 is 32.8. The normalized spacial score (nSPS) is 24.3. The molecule has 1 heterocycles. The van der Waals surface area contributed by atoms with Gasteiger partial charge in [0.1, 0.15) is 5.75 Å². The second kappa shape index (κ2) is 7.39. The Bertz CT molecular complexity index is 997. The maximum atomic E-state index is 13.1. The average molecular weight is 421 g/mol. The molecule has 0 spiro atoms. The maximum Gasteiger partial charge on any atom is 0.251 e. The molecule has 1 aliphatic carbocycles.